The molecule has 0 spiro atoms. The second kappa shape index (κ2) is 4.18. The summed E-state index contributed by atoms with van der Waals surface area (Å²) in [6, 6.07) is 5.43. The van der Waals surface area contributed by atoms with Gasteiger partial charge in [0.2, 0.25) is 0 Å². The fourth-order valence-electron chi connectivity index (χ4n) is 1.04. The van der Waals surface area contributed by atoms with Gasteiger partial charge in [0.05, 0.1) is 0 Å². The van der Waals surface area contributed by atoms with E-state index in [0.29, 0.717) is 0 Å². The van der Waals surface area contributed by atoms with Gasteiger partial charge >= 0.3 is 6.03 Å². The number of urea groups is 1. The van der Waals surface area contributed by atoms with Gasteiger partial charge in [-0.15, -0.1) is 0 Å². The van der Waals surface area contributed by atoms with E-state index in [1.165, 1.54) is 0 Å². The van der Waals surface area contributed by atoms with Crippen molar-refractivity contribution in [3.63, 3.8) is 0 Å². The molecular formula is C9H12N2OS. The molecule has 0 aliphatic carbocycles. The van der Waals surface area contributed by atoms with Crippen molar-refractivity contribution in [1.82, 2.24) is 4.72 Å². The number of amides is 2. The van der Waals surface area contributed by atoms with Crippen molar-refractivity contribution in [3.8, 4) is 0 Å². The molecule has 0 unspecified atom stereocenters. The Morgan fingerprint density at radius 1 is 1.38 bits per heavy atom. The quantitative estimate of drug-likeness (QED) is 0.592. The SMILES string of the molecule is Cc1cccc(NC(=O)NS)c1C. The number of hydrogen-bond acceptors (Lipinski definition) is 2. The maximum Gasteiger partial charge on any atom is 0.329 e. The van der Waals surface area contributed by atoms with Gasteiger partial charge in [-0.05, 0) is 31.0 Å². The zero-order chi connectivity index (χ0) is 9.84. The second-order valence-electron chi connectivity index (χ2n) is 2.81. The number of hydrogen-bond donors (Lipinski definition) is 3. The van der Waals surface area contributed by atoms with Crippen LogP contribution in [0.5, 0.6) is 0 Å². The highest BCUT2D eigenvalue weighted by molar-refractivity contribution is 7.78. The lowest BCUT2D eigenvalue weighted by molar-refractivity contribution is 0.257. The Hall–Kier alpha value is -1.16. The predicted molar refractivity (Wildman–Crippen MR) is 57.1 cm³/mol. The number of benzene rings is 1. The van der Waals surface area contributed by atoms with Crippen LogP contribution in [-0.2, 0) is 0 Å². The summed E-state index contributed by atoms with van der Waals surface area (Å²) in [5, 5.41) is 2.67. The van der Waals surface area contributed by atoms with Crippen molar-refractivity contribution < 1.29 is 4.79 Å². The summed E-state index contributed by atoms with van der Waals surface area (Å²) in [7, 11) is 0. The Morgan fingerprint density at radius 3 is 2.69 bits per heavy atom. The molecule has 4 heteroatoms. The van der Waals surface area contributed by atoms with Crippen LogP contribution in [0.25, 0.3) is 0 Å². The van der Waals surface area contributed by atoms with Gasteiger partial charge in [-0.25, -0.2) is 4.79 Å². The summed E-state index contributed by atoms with van der Waals surface area (Å²) >= 11 is 3.64. The van der Waals surface area contributed by atoms with E-state index in [1.54, 1.807) is 0 Å². The maximum atomic E-state index is 10.9. The molecule has 0 atom stereocenters. The molecule has 1 aromatic rings. The van der Waals surface area contributed by atoms with E-state index in [2.05, 4.69) is 22.9 Å². The van der Waals surface area contributed by atoms with Crippen molar-refractivity contribution in [2.24, 2.45) is 0 Å². The molecule has 0 bridgehead atoms. The molecule has 0 aliphatic heterocycles. The third-order valence-electron chi connectivity index (χ3n) is 1.95. The molecule has 70 valence electrons. The Morgan fingerprint density at radius 2 is 2.08 bits per heavy atom. The van der Waals surface area contributed by atoms with Crippen LogP contribution in [-0.4, -0.2) is 6.03 Å². The first-order valence-corrected chi connectivity index (χ1v) is 4.37. The first-order chi connectivity index (χ1) is 6.15. The molecule has 2 N–H and O–H groups in total. The number of nitrogens with one attached hydrogen (secondary N) is 2. The Kier molecular flexibility index (Phi) is 3.19. The van der Waals surface area contributed by atoms with Crippen LogP contribution in [0.1, 0.15) is 11.1 Å². The minimum Gasteiger partial charge on any atom is -0.307 e. The number of aryl methyl sites for hydroxylation is 1. The average molecular weight is 196 g/mol. The first-order valence-electron chi connectivity index (χ1n) is 3.92. The Bertz CT molecular complexity index is 325. The van der Waals surface area contributed by atoms with E-state index < -0.39 is 0 Å². The standard InChI is InChI=1S/C9H12N2OS/c1-6-4-3-5-8(7(6)2)10-9(12)11-13/h3-5,13H,1-2H3,(H2,10,11,12). The molecule has 3 nitrogen and oxygen atoms in total. The van der Waals surface area contributed by atoms with Gasteiger partial charge in [0.25, 0.3) is 0 Å². The monoisotopic (exact) mass is 196 g/mol. The van der Waals surface area contributed by atoms with E-state index >= 15 is 0 Å². The van der Waals surface area contributed by atoms with E-state index in [4.69, 9.17) is 0 Å². The van der Waals surface area contributed by atoms with Gasteiger partial charge < -0.3 is 5.32 Å². The molecule has 0 fully saturated rings. The average Bonchev–Trinajstić information content (AvgIpc) is 2.13. The smallest absolute Gasteiger partial charge is 0.307 e. The van der Waals surface area contributed by atoms with Gasteiger partial charge in [0.15, 0.2) is 0 Å². The van der Waals surface area contributed by atoms with E-state index in [1.807, 2.05) is 32.0 Å². The number of carbonyl (C=O) groups excluding carboxylic acids is 1. The number of rotatable bonds is 1. The van der Waals surface area contributed by atoms with Crippen LogP contribution in [0.15, 0.2) is 18.2 Å². The summed E-state index contributed by atoms with van der Waals surface area (Å²) in [4.78, 5) is 10.9. The van der Waals surface area contributed by atoms with Crippen LogP contribution >= 0.6 is 12.8 Å². The first kappa shape index (κ1) is 9.92. The molecule has 0 aliphatic rings. The van der Waals surface area contributed by atoms with E-state index in [9.17, 15) is 4.79 Å². The fraction of sp³-hybridized carbons (Fsp3) is 0.222. The number of anilines is 1. The summed E-state index contributed by atoms with van der Waals surface area (Å²) in [6.45, 7) is 3.96. The highest BCUT2D eigenvalue weighted by Crippen LogP contribution is 2.17. The fourth-order valence-corrected chi connectivity index (χ4v) is 1.09. The van der Waals surface area contributed by atoms with Crippen LogP contribution in [0, 0.1) is 13.8 Å². The topological polar surface area (TPSA) is 41.1 Å². The molecular weight excluding hydrogens is 184 g/mol. The summed E-state index contributed by atoms with van der Waals surface area (Å²) in [5.74, 6) is 0. The van der Waals surface area contributed by atoms with Crippen molar-refractivity contribution in [1.29, 1.82) is 0 Å². The lowest BCUT2D eigenvalue weighted by Gasteiger charge is -2.08. The maximum absolute atomic E-state index is 10.9. The van der Waals surface area contributed by atoms with Gasteiger partial charge in [-0.1, -0.05) is 24.9 Å². The predicted octanol–water partition coefficient (Wildman–Crippen LogP) is 2.27. The molecule has 13 heavy (non-hydrogen) atoms. The molecule has 2 amide bonds. The van der Waals surface area contributed by atoms with Crippen LogP contribution < -0.4 is 10.0 Å². The zero-order valence-electron chi connectivity index (χ0n) is 7.59. The largest absolute Gasteiger partial charge is 0.329 e. The normalized spacial score (nSPS) is 9.46. The summed E-state index contributed by atoms with van der Waals surface area (Å²) in [5.41, 5.74) is 3.03. The number of carbonyl (C=O) groups is 1. The van der Waals surface area contributed by atoms with E-state index in [-0.39, 0.29) is 6.03 Å². The molecule has 0 heterocycles. The number of thiol groups is 1. The van der Waals surface area contributed by atoms with Gasteiger partial charge in [-0.2, -0.15) is 0 Å². The van der Waals surface area contributed by atoms with Gasteiger partial charge in [0, 0.05) is 5.69 Å². The molecule has 0 radical (unpaired) electrons. The van der Waals surface area contributed by atoms with Gasteiger partial charge in [0.1, 0.15) is 0 Å². The van der Waals surface area contributed by atoms with Crippen LogP contribution in [0.4, 0.5) is 10.5 Å². The molecule has 0 saturated heterocycles. The van der Waals surface area contributed by atoms with Gasteiger partial charge in [-0.3, -0.25) is 4.72 Å². The Labute approximate surface area is 83.1 Å². The van der Waals surface area contributed by atoms with Crippen LogP contribution in [0.3, 0.4) is 0 Å². The summed E-state index contributed by atoms with van der Waals surface area (Å²) < 4.78 is 2.20. The van der Waals surface area contributed by atoms with Crippen molar-refractivity contribution in [2.75, 3.05) is 5.32 Å². The molecule has 1 rings (SSSR count). The van der Waals surface area contributed by atoms with Crippen LogP contribution in [0.2, 0.25) is 0 Å². The van der Waals surface area contributed by atoms with Crippen molar-refractivity contribution in [3.05, 3.63) is 29.3 Å². The lowest BCUT2D eigenvalue weighted by Crippen LogP contribution is -2.20. The van der Waals surface area contributed by atoms with Crippen molar-refractivity contribution in [2.45, 2.75) is 13.8 Å². The van der Waals surface area contributed by atoms with Crippen molar-refractivity contribution >= 4 is 24.5 Å². The minimum atomic E-state index is -0.322. The second-order valence-corrected chi connectivity index (χ2v) is 3.04. The van der Waals surface area contributed by atoms with E-state index in [0.717, 1.165) is 16.8 Å². The lowest BCUT2D eigenvalue weighted by atomic mass is 10.1. The third-order valence-corrected chi connectivity index (χ3v) is 2.16. The third kappa shape index (κ3) is 2.39. The molecule has 0 saturated carbocycles. The highest BCUT2D eigenvalue weighted by atomic mass is 32.1. The molecule has 0 aromatic heterocycles. The zero-order valence-corrected chi connectivity index (χ0v) is 8.48. The molecule has 1 aromatic carbocycles. The highest BCUT2D eigenvalue weighted by Gasteiger charge is 2.02. The summed E-state index contributed by atoms with van der Waals surface area (Å²) in [6.07, 6.45) is 0. The minimum absolute atomic E-state index is 0.322. The Balaban J connectivity index is 2.89.